The lowest BCUT2D eigenvalue weighted by Crippen LogP contribution is -2.11. The molecule has 0 unspecified atom stereocenters. The maximum absolute atomic E-state index is 5.49. The van der Waals surface area contributed by atoms with Gasteiger partial charge in [0.2, 0.25) is 0 Å². The molecule has 1 heterocycles. The van der Waals surface area contributed by atoms with Crippen LogP contribution in [0, 0.1) is 0 Å². The third-order valence-electron chi connectivity index (χ3n) is 3.19. The van der Waals surface area contributed by atoms with Gasteiger partial charge in [0, 0.05) is 18.2 Å². The molecule has 0 saturated carbocycles. The molecule has 5 nitrogen and oxygen atoms in total. The van der Waals surface area contributed by atoms with Crippen molar-refractivity contribution in [2.24, 2.45) is 5.84 Å². The molecule has 21 heavy (non-hydrogen) atoms. The highest BCUT2D eigenvalue weighted by Gasteiger charge is 2.06. The molecule has 0 aliphatic heterocycles. The van der Waals surface area contributed by atoms with E-state index in [1.54, 1.807) is 0 Å². The average molecular weight is 285 g/mol. The molecule has 0 bridgehead atoms. The lowest BCUT2D eigenvalue weighted by atomic mass is 10.1. The molecule has 4 N–H and O–H groups in total. The van der Waals surface area contributed by atoms with Crippen molar-refractivity contribution in [2.75, 3.05) is 10.7 Å². The van der Waals surface area contributed by atoms with Crippen molar-refractivity contribution in [3.8, 4) is 0 Å². The fourth-order valence-electron chi connectivity index (χ4n) is 2.24. The van der Waals surface area contributed by atoms with Crippen LogP contribution in [0.3, 0.4) is 0 Å². The normalized spacial score (nSPS) is 10.4. The second-order valence-electron chi connectivity index (χ2n) is 4.98. The van der Waals surface area contributed by atoms with Gasteiger partial charge >= 0.3 is 0 Å². The smallest absolute Gasteiger partial charge is 0.145 e. The number of nitrogens with zero attached hydrogens (tertiary/aromatic N) is 2. The van der Waals surface area contributed by atoms with Crippen LogP contribution in [-0.2, 0) is 12.8 Å². The van der Waals surface area contributed by atoms with Crippen molar-refractivity contribution < 1.29 is 0 Å². The van der Waals surface area contributed by atoms with Gasteiger partial charge in [-0.2, -0.15) is 0 Å². The number of hydrogen-bond acceptors (Lipinski definition) is 5. The standard InChI is InChI=1S/C16H23N5/c1-3-7-12-9-5-6-10-13(12)18-15-11-16(21-17)20-14(19-15)8-4-2/h5-6,9-11H,3-4,7-8,17H2,1-2H3,(H2,18,19,20,21). The summed E-state index contributed by atoms with van der Waals surface area (Å²) in [5, 5.41) is 3.38. The Kier molecular flexibility index (Phi) is 5.51. The molecule has 1 aromatic heterocycles. The Labute approximate surface area is 126 Å². The number of nitrogens with two attached hydrogens (primary N) is 1. The molecule has 0 aliphatic carbocycles. The van der Waals surface area contributed by atoms with Crippen LogP contribution in [0.25, 0.3) is 0 Å². The molecule has 0 aliphatic rings. The Hall–Kier alpha value is -2.14. The van der Waals surface area contributed by atoms with E-state index in [9.17, 15) is 0 Å². The highest BCUT2D eigenvalue weighted by Crippen LogP contribution is 2.22. The number of anilines is 3. The van der Waals surface area contributed by atoms with E-state index < -0.39 is 0 Å². The molecule has 0 radical (unpaired) electrons. The fourth-order valence-corrected chi connectivity index (χ4v) is 2.24. The zero-order valence-electron chi connectivity index (χ0n) is 12.7. The van der Waals surface area contributed by atoms with E-state index in [0.29, 0.717) is 5.82 Å². The van der Waals surface area contributed by atoms with E-state index in [-0.39, 0.29) is 0 Å². The summed E-state index contributed by atoms with van der Waals surface area (Å²) in [5.74, 6) is 7.68. The number of aryl methyl sites for hydroxylation is 2. The second kappa shape index (κ2) is 7.59. The number of hydrazine groups is 1. The minimum atomic E-state index is 0.629. The van der Waals surface area contributed by atoms with E-state index >= 15 is 0 Å². The van der Waals surface area contributed by atoms with E-state index in [2.05, 4.69) is 52.8 Å². The van der Waals surface area contributed by atoms with Gasteiger partial charge in [-0.3, -0.25) is 0 Å². The minimum absolute atomic E-state index is 0.629. The van der Waals surface area contributed by atoms with Gasteiger partial charge in [0.05, 0.1) is 0 Å². The molecule has 0 atom stereocenters. The van der Waals surface area contributed by atoms with Crippen molar-refractivity contribution in [1.82, 2.24) is 9.97 Å². The fraction of sp³-hybridized carbons (Fsp3) is 0.375. The first-order chi connectivity index (χ1) is 10.3. The average Bonchev–Trinajstić information content (AvgIpc) is 2.49. The number of benzene rings is 1. The first kappa shape index (κ1) is 15.3. The van der Waals surface area contributed by atoms with Gasteiger partial charge in [-0.1, -0.05) is 38.5 Å². The number of para-hydroxylation sites is 1. The Balaban J connectivity index is 2.28. The number of nitrogens with one attached hydrogen (secondary N) is 2. The minimum Gasteiger partial charge on any atom is -0.340 e. The molecule has 0 amide bonds. The van der Waals surface area contributed by atoms with Crippen LogP contribution in [0.1, 0.15) is 38.1 Å². The summed E-state index contributed by atoms with van der Waals surface area (Å²) in [4.78, 5) is 8.90. The quantitative estimate of drug-likeness (QED) is 0.537. The van der Waals surface area contributed by atoms with Gasteiger partial charge in [-0.25, -0.2) is 15.8 Å². The highest BCUT2D eigenvalue weighted by atomic mass is 15.3. The summed E-state index contributed by atoms with van der Waals surface area (Å²) in [5.41, 5.74) is 4.98. The monoisotopic (exact) mass is 285 g/mol. The van der Waals surface area contributed by atoms with Crippen molar-refractivity contribution in [3.63, 3.8) is 0 Å². The number of rotatable bonds is 7. The number of aromatic nitrogens is 2. The van der Waals surface area contributed by atoms with Crippen LogP contribution in [0.4, 0.5) is 17.3 Å². The van der Waals surface area contributed by atoms with Gasteiger partial charge in [-0.15, -0.1) is 0 Å². The van der Waals surface area contributed by atoms with Crippen LogP contribution in [0.15, 0.2) is 30.3 Å². The Morgan fingerprint density at radius 3 is 2.43 bits per heavy atom. The van der Waals surface area contributed by atoms with Crippen molar-refractivity contribution >= 4 is 17.3 Å². The van der Waals surface area contributed by atoms with Gasteiger partial charge in [0.25, 0.3) is 0 Å². The topological polar surface area (TPSA) is 75.9 Å². The lowest BCUT2D eigenvalue weighted by Gasteiger charge is -2.12. The first-order valence-electron chi connectivity index (χ1n) is 7.46. The molecule has 0 spiro atoms. The summed E-state index contributed by atoms with van der Waals surface area (Å²) in [6.07, 6.45) is 3.98. The molecular weight excluding hydrogens is 262 g/mol. The van der Waals surface area contributed by atoms with Gasteiger partial charge in [0.1, 0.15) is 17.5 Å². The Morgan fingerprint density at radius 2 is 1.71 bits per heavy atom. The Morgan fingerprint density at radius 1 is 1.00 bits per heavy atom. The Bertz CT molecular complexity index is 583. The maximum atomic E-state index is 5.49. The van der Waals surface area contributed by atoms with E-state index in [1.165, 1.54) is 5.56 Å². The highest BCUT2D eigenvalue weighted by molar-refractivity contribution is 5.62. The predicted octanol–water partition coefficient (Wildman–Crippen LogP) is 3.41. The predicted molar refractivity (Wildman–Crippen MR) is 87.6 cm³/mol. The third-order valence-corrected chi connectivity index (χ3v) is 3.19. The van der Waals surface area contributed by atoms with Crippen molar-refractivity contribution in [2.45, 2.75) is 39.5 Å². The summed E-state index contributed by atoms with van der Waals surface area (Å²) in [6.45, 7) is 4.28. The van der Waals surface area contributed by atoms with Crippen LogP contribution in [0.2, 0.25) is 0 Å². The van der Waals surface area contributed by atoms with Crippen LogP contribution in [-0.4, -0.2) is 9.97 Å². The summed E-state index contributed by atoms with van der Waals surface area (Å²) < 4.78 is 0. The van der Waals surface area contributed by atoms with Crippen molar-refractivity contribution in [3.05, 3.63) is 41.7 Å². The van der Waals surface area contributed by atoms with Gasteiger partial charge < -0.3 is 10.7 Å². The zero-order valence-corrected chi connectivity index (χ0v) is 12.7. The molecular formula is C16H23N5. The molecule has 2 aromatic rings. The zero-order chi connectivity index (χ0) is 15.1. The summed E-state index contributed by atoms with van der Waals surface area (Å²) in [6, 6.07) is 10.1. The molecule has 0 fully saturated rings. The van der Waals surface area contributed by atoms with Crippen molar-refractivity contribution in [1.29, 1.82) is 0 Å². The molecule has 1 aromatic carbocycles. The van der Waals surface area contributed by atoms with E-state index in [1.807, 2.05) is 12.1 Å². The van der Waals surface area contributed by atoms with Gasteiger partial charge in [-0.05, 0) is 24.5 Å². The SMILES string of the molecule is CCCc1nc(NN)cc(Nc2ccccc2CCC)n1. The van der Waals surface area contributed by atoms with E-state index in [0.717, 1.165) is 43.0 Å². The number of nitrogen functional groups attached to an aromatic ring is 1. The lowest BCUT2D eigenvalue weighted by molar-refractivity contribution is 0.837. The first-order valence-corrected chi connectivity index (χ1v) is 7.46. The third kappa shape index (κ3) is 4.16. The summed E-state index contributed by atoms with van der Waals surface area (Å²) in [7, 11) is 0. The largest absolute Gasteiger partial charge is 0.340 e. The molecule has 0 saturated heterocycles. The summed E-state index contributed by atoms with van der Waals surface area (Å²) >= 11 is 0. The van der Waals surface area contributed by atoms with E-state index in [4.69, 9.17) is 5.84 Å². The molecule has 5 heteroatoms. The maximum Gasteiger partial charge on any atom is 0.145 e. The van der Waals surface area contributed by atoms with Gasteiger partial charge in [0.15, 0.2) is 0 Å². The van der Waals surface area contributed by atoms with Crippen LogP contribution in [0.5, 0.6) is 0 Å². The number of hydrogen-bond donors (Lipinski definition) is 3. The second-order valence-corrected chi connectivity index (χ2v) is 4.98. The molecule has 2 rings (SSSR count). The molecule has 112 valence electrons. The van der Waals surface area contributed by atoms with Crippen LogP contribution < -0.4 is 16.6 Å². The van der Waals surface area contributed by atoms with Crippen LogP contribution >= 0.6 is 0 Å².